The number of benzene rings is 1. The second-order valence-electron chi connectivity index (χ2n) is 3.61. The predicted octanol–water partition coefficient (Wildman–Crippen LogP) is 3.16. The Morgan fingerprint density at radius 2 is 2.00 bits per heavy atom. The largest absolute Gasteiger partial charge is 0.497 e. The minimum atomic E-state index is 0.699. The van der Waals surface area contributed by atoms with E-state index < -0.39 is 0 Å². The molecule has 0 aliphatic rings. The topological polar surface area (TPSA) is 47.1 Å². The van der Waals surface area contributed by atoms with Gasteiger partial charge < -0.3 is 14.5 Å². The first-order valence-electron chi connectivity index (χ1n) is 5.09. The van der Waals surface area contributed by atoms with Gasteiger partial charge in [0.15, 0.2) is 4.73 Å². The number of aryl methyl sites for hydroxylation is 1. The van der Waals surface area contributed by atoms with Crippen molar-refractivity contribution in [2.24, 2.45) is 0 Å². The Hall–Kier alpha value is -1.49. The summed E-state index contributed by atoms with van der Waals surface area (Å²) in [4.78, 5) is 7.26. The monoisotopic (exact) mass is 296 g/mol. The molecule has 90 valence electrons. The first kappa shape index (κ1) is 12.0. The lowest BCUT2D eigenvalue weighted by Crippen LogP contribution is -1.93. The van der Waals surface area contributed by atoms with E-state index in [4.69, 9.17) is 9.47 Å². The first-order valence-corrected chi connectivity index (χ1v) is 5.88. The third kappa shape index (κ3) is 2.29. The summed E-state index contributed by atoms with van der Waals surface area (Å²) in [7, 11) is 3.28. The van der Waals surface area contributed by atoms with Gasteiger partial charge in [0.1, 0.15) is 11.5 Å². The van der Waals surface area contributed by atoms with E-state index in [1.54, 1.807) is 20.4 Å². The second kappa shape index (κ2) is 4.79. The highest BCUT2D eigenvalue weighted by molar-refractivity contribution is 9.10. The van der Waals surface area contributed by atoms with Crippen LogP contribution in [-0.2, 0) is 0 Å². The maximum Gasteiger partial charge on any atom is 0.174 e. The molecule has 0 radical (unpaired) electrons. The highest BCUT2D eigenvalue weighted by atomic mass is 79.9. The lowest BCUT2D eigenvalue weighted by molar-refractivity contribution is 0.395. The van der Waals surface area contributed by atoms with Gasteiger partial charge in [0.2, 0.25) is 0 Å². The fourth-order valence-electron chi connectivity index (χ4n) is 1.77. The average molecular weight is 297 g/mol. The number of aromatic amines is 1. The summed E-state index contributed by atoms with van der Waals surface area (Å²) >= 11 is 3.30. The Kier molecular flexibility index (Phi) is 3.38. The van der Waals surface area contributed by atoms with Crippen molar-refractivity contribution in [2.75, 3.05) is 14.2 Å². The molecule has 0 saturated carbocycles. The molecule has 0 spiro atoms. The molecule has 0 bridgehead atoms. The van der Waals surface area contributed by atoms with Gasteiger partial charge in [-0.25, -0.2) is 4.98 Å². The summed E-state index contributed by atoms with van der Waals surface area (Å²) in [5.74, 6) is 1.54. The lowest BCUT2D eigenvalue weighted by Gasteiger charge is -2.12. The van der Waals surface area contributed by atoms with Crippen LogP contribution in [0, 0.1) is 6.92 Å². The molecule has 1 heterocycles. The third-order valence-corrected chi connectivity index (χ3v) is 2.95. The standard InChI is InChI=1S/C12H13BrN2O2/c1-7-4-8(16-2)5-10(17-3)11(7)9-6-14-12(13)15-9/h4-6H,1-3H3,(H,14,15). The van der Waals surface area contributed by atoms with Crippen LogP contribution in [0.25, 0.3) is 11.3 Å². The van der Waals surface area contributed by atoms with E-state index in [-0.39, 0.29) is 0 Å². The Morgan fingerprint density at radius 3 is 2.53 bits per heavy atom. The highest BCUT2D eigenvalue weighted by Gasteiger charge is 2.13. The fraction of sp³-hybridized carbons (Fsp3) is 0.250. The van der Waals surface area contributed by atoms with Crippen molar-refractivity contribution in [3.63, 3.8) is 0 Å². The molecular formula is C12H13BrN2O2. The molecule has 0 saturated heterocycles. The van der Waals surface area contributed by atoms with Crippen LogP contribution < -0.4 is 9.47 Å². The van der Waals surface area contributed by atoms with Crippen LogP contribution in [0.4, 0.5) is 0 Å². The van der Waals surface area contributed by atoms with Crippen molar-refractivity contribution in [3.8, 4) is 22.8 Å². The molecule has 0 unspecified atom stereocenters. The Bertz CT molecular complexity index is 537. The summed E-state index contributed by atoms with van der Waals surface area (Å²) in [6.07, 6.45) is 1.77. The number of nitrogens with zero attached hydrogens (tertiary/aromatic N) is 1. The molecule has 0 fully saturated rings. The molecule has 4 nitrogen and oxygen atoms in total. The molecule has 1 aromatic heterocycles. The minimum Gasteiger partial charge on any atom is -0.497 e. The van der Waals surface area contributed by atoms with E-state index in [1.807, 2.05) is 19.1 Å². The molecule has 0 aliphatic heterocycles. The molecular weight excluding hydrogens is 284 g/mol. The number of hydrogen-bond donors (Lipinski definition) is 1. The van der Waals surface area contributed by atoms with E-state index in [2.05, 4.69) is 25.9 Å². The number of hydrogen-bond acceptors (Lipinski definition) is 3. The van der Waals surface area contributed by atoms with Gasteiger partial charge in [-0.15, -0.1) is 0 Å². The maximum absolute atomic E-state index is 5.39. The van der Waals surface area contributed by atoms with Gasteiger partial charge in [-0.3, -0.25) is 0 Å². The summed E-state index contributed by atoms with van der Waals surface area (Å²) in [6, 6.07) is 3.82. The molecule has 0 atom stereocenters. The molecule has 2 rings (SSSR count). The van der Waals surface area contributed by atoms with Crippen LogP contribution in [0.15, 0.2) is 23.1 Å². The third-order valence-electron chi connectivity index (χ3n) is 2.54. The smallest absolute Gasteiger partial charge is 0.174 e. The number of H-pyrrole nitrogens is 1. The van der Waals surface area contributed by atoms with Gasteiger partial charge in [-0.1, -0.05) is 0 Å². The summed E-state index contributed by atoms with van der Waals surface area (Å²) < 4.78 is 11.3. The van der Waals surface area contributed by atoms with Crippen LogP contribution >= 0.6 is 15.9 Å². The maximum atomic E-state index is 5.39. The van der Waals surface area contributed by atoms with Crippen LogP contribution in [0.3, 0.4) is 0 Å². The van der Waals surface area contributed by atoms with Crippen LogP contribution in [0.1, 0.15) is 5.56 Å². The second-order valence-corrected chi connectivity index (χ2v) is 4.36. The van der Waals surface area contributed by atoms with Crippen LogP contribution in [-0.4, -0.2) is 24.2 Å². The number of ether oxygens (including phenoxy) is 2. The number of halogens is 1. The van der Waals surface area contributed by atoms with Crippen LogP contribution in [0.5, 0.6) is 11.5 Å². The Balaban J connectivity index is 2.60. The number of aromatic nitrogens is 2. The van der Waals surface area contributed by atoms with Gasteiger partial charge >= 0.3 is 0 Å². The normalized spacial score (nSPS) is 10.4. The summed E-state index contributed by atoms with van der Waals surface area (Å²) in [6.45, 7) is 2.01. The minimum absolute atomic E-state index is 0.699. The molecule has 17 heavy (non-hydrogen) atoms. The quantitative estimate of drug-likeness (QED) is 0.946. The molecule has 0 amide bonds. The number of imidazole rings is 1. The van der Waals surface area contributed by atoms with E-state index in [0.717, 1.165) is 28.3 Å². The zero-order chi connectivity index (χ0) is 12.4. The van der Waals surface area contributed by atoms with Gasteiger partial charge in [-0.05, 0) is 34.5 Å². The zero-order valence-corrected chi connectivity index (χ0v) is 11.5. The van der Waals surface area contributed by atoms with Crippen molar-refractivity contribution < 1.29 is 9.47 Å². The first-order chi connectivity index (χ1) is 8.15. The average Bonchev–Trinajstić information content (AvgIpc) is 2.74. The van der Waals surface area contributed by atoms with E-state index in [0.29, 0.717) is 4.73 Å². The molecule has 1 N–H and O–H groups in total. The predicted molar refractivity (Wildman–Crippen MR) is 69.6 cm³/mol. The highest BCUT2D eigenvalue weighted by Crippen LogP contribution is 2.36. The van der Waals surface area contributed by atoms with Crippen molar-refractivity contribution in [3.05, 3.63) is 28.6 Å². The van der Waals surface area contributed by atoms with E-state index in [1.165, 1.54) is 0 Å². The van der Waals surface area contributed by atoms with Crippen molar-refractivity contribution in [2.45, 2.75) is 6.92 Å². The van der Waals surface area contributed by atoms with Crippen LogP contribution in [0.2, 0.25) is 0 Å². The van der Waals surface area contributed by atoms with Crippen molar-refractivity contribution in [1.82, 2.24) is 9.97 Å². The number of nitrogens with one attached hydrogen (secondary N) is 1. The van der Waals surface area contributed by atoms with E-state index >= 15 is 0 Å². The van der Waals surface area contributed by atoms with Gasteiger partial charge in [0.05, 0.1) is 26.1 Å². The Labute approximate surface area is 108 Å². The van der Waals surface area contributed by atoms with Gasteiger partial charge in [0, 0.05) is 11.6 Å². The lowest BCUT2D eigenvalue weighted by atomic mass is 10.0. The zero-order valence-electron chi connectivity index (χ0n) is 9.87. The van der Waals surface area contributed by atoms with Gasteiger partial charge in [-0.2, -0.15) is 0 Å². The molecule has 5 heteroatoms. The van der Waals surface area contributed by atoms with E-state index in [9.17, 15) is 0 Å². The van der Waals surface area contributed by atoms with Crippen molar-refractivity contribution in [1.29, 1.82) is 0 Å². The van der Waals surface area contributed by atoms with Crippen molar-refractivity contribution >= 4 is 15.9 Å². The summed E-state index contributed by atoms with van der Waals surface area (Å²) in [5, 5.41) is 0. The number of methoxy groups -OCH3 is 2. The van der Waals surface area contributed by atoms with Gasteiger partial charge in [0.25, 0.3) is 0 Å². The molecule has 1 aromatic carbocycles. The molecule has 0 aliphatic carbocycles. The number of rotatable bonds is 3. The Morgan fingerprint density at radius 1 is 1.24 bits per heavy atom. The summed E-state index contributed by atoms with van der Waals surface area (Å²) in [5.41, 5.74) is 2.97. The fourth-order valence-corrected chi connectivity index (χ4v) is 2.09. The molecule has 2 aromatic rings. The SMILES string of the molecule is COc1cc(C)c(-c2cnc(Br)[nH]2)c(OC)c1.